The van der Waals surface area contributed by atoms with E-state index < -0.39 is 0 Å². The first-order chi connectivity index (χ1) is 10.5. The van der Waals surface area contributed by atoms with Gasteiger partial charge in [-0.15, -0.1) is 16.4 Å². The SMILES string of the molecule is CC(C)C(C)NC(=O)CSc1n[nH]c(/C=C/c2cccs2)n1. The molecule has 0 spiro atoms. The van der Waals surface area contributed by atoms with Crippen molar-refractivity contribution in [2.24, 2.45) is 5.92 Å². The van der Waals surface area contributed by atoms with Crippen LogP contribution in [0.25, 0.3) is 12.2 Å². The summed E-state index contributed by atoms with van der Waals surface area (Å²) in [5, 5.41) is 12.5. The number of amides is 1. The van der Waals surface area contributed by atoms with Crippen LogP contribution in [0.2, 0.25) is 0 Å². The highest BCUT2D eigenvalue weighted by Gasteiger charge is 2.12. The van der Waals surface area contributed by atoms with Gasteiger partial charge in [-0.1, -0.05) is 31.7 Å². The number of carbonyl (C=O) groups excluding carboxylic acids is 1. The number of aromatic nitrogens is 3. The monoisotopic (exact) mass is 336 g/mol. The molecular formula is C15H20N4OS2. The third-order valence-corrected chi connectivity index (χ3v) is 4.84. The highest BCUT2D eigenvalue weighted by Crippen LogP contribution is 2.15. The fraction of sp³-hybridized carbons (Fsp3) is 0.400. The van der Waals surface area contributed by atoms with E-state index in [4.69, 9.17) is 0 Å². The Morgan fingerprint density at radius 3 is 2.95 bits per heavy atom. The zero-order valence-corrected chi connectivity index (χ0v) is 14.5. The van der Waals surface area contributed by atoms with Crippen LogP contribution in [-0.2, 0) is 4.79 Å². The topological polar surface area (TPSA) is 70.7 Å². The van der Waals surface area contributed by atoms with Gasteiger partial charge in [0.1, 0.15) is 5.82 Å². The lowest BCUT2D eigenvalue weighted by molar-refractivity contribution is -0.119. The van der Waals surface area contributed by atoms with Crippen molar-refractivity contribution in [1.82, 2.24) is 20.5 Å². The number of carbonyl (C=O) groups is 1. The van der Waals surface area contributed by atoms with Crippen LogP contribution in [0.1, 0.15) is 31.5 Å². The molecule has 0 bridgehead atoms. The first kappa shape index (κ1) is 16.8. The molecule has 2 N–H and O–H groups in total. The maximum atomic E-state index is 11.8. The van der Waals surface area contributed by atoms with Crippen molar-refractivity contribution in [3.63, 3.8) is 0 Å². The van der Waals surface area contributed by atoms with Crippen molar-refractivity contribution in [2.75, 3.05) is 5.75 Å². The van der Waals surface area contributed by atoms with E-state index in [1.54, 1.807) is 11.3 Å². The molecule has 0 radical (unpaired) electrons. The van der Waals surface area contributed by atoms with Gasteiger partial charge in [-0.25, -0.2) is 4.98 Å². The Kier molecular flexibility index (Phi) is 6.21. The minimum Gasteiger partial charge on any atom is -0.353 e. The molecule has 2 rings (SSSR count). The van der Waals surface area contributed by atoms with E-state index in [0.29, 0.717) is 22.7 Å². The van der Waals surface area contributed by atoms with Crippen LogP contribution in [0.5, 0.6) is 0 Å². The summed E-state index contributed by atoms with van der Waals surface area (Å²) in [6.07, 6.45) is 3.86. The number of nitrogens with zero attached hydrogens (tertiary/aromatic N) is 2. The lowest BCUT2D eigenvalue weighted by Crippen LogP contribution is -2.37. The molecule has 2 heterocycles. The summed E-state index contributed by atoms with van der Waals surface area (Å²) in [7, 11) is 0. The molecule has 0 aromatic carbocycles. The van der Waals surface area contributed by atoms with Crippen molar-refractivity contribution in [1.29, 1.82) is 0 Å². The summed E-state index contributed by atoms with van der Waals surface area (Å²) in [5.74, 6) is 1.44. The number of hydrogen-bond donors (Lipinski definition) is 2. The van der Waals surface area contributed by atoms with Gasteiger partial charge in [0.15, 0.2) is 0 Å². The molecule has 2 aromatic heterocycles. The Balaban J connectivity index is 1.81. The smallest absolute Gasteiger partial charge is 0.230 e. The van der Waals surface area contributed by atoms with Crippen molar-refractivity contribution in [3.05, 3.63) is 28.2 Å². The van der Waals surface area contributed by atoms with Gasteiger partial charge in [0.05, 0.1) is 5.75 Å². The molecule has 22 heavy (non-hydrogen) atoms. The second kappa shape index (κ2) is 8.14. The molecule has 0 aliphatic rings. The lowest BCUT2D eigenvalue weighted by Gasteiger charge is -2.16. The Labute approximate surface area is 138 Å². The van der Waals surface area contributed by atoms with Crippen LogP contribution in [0, 0.1) is 5.92 Å². The quantitative estimate of drug-likeness (QED) is 0.761. The average molecular weight is 336 g/mol. The van der Waals surface area contributed by atoms with E-state index in [-0.39, 0.29) is 11.9 Å². The molecular weight excluding hydrogens is 316 g/mol. The fourth-order valence-corrected chi connectivity index (χ4v) is 2.77. The molecule has 1 atom stereocenters. The van der Waals surface area contributed by atoms with Gasteiger partial charge >= 0.3 is 0 Å². The Bertz CT molecular complexity index is 619. The van der Waals surface area contributed by atoms with E-state index in [2.05, 4.69) is 34.3 Å². The van der Waals surface area contributed by atoms with Gasteiger partial charge in [0.25, 0.3) is 0 Å². The van der Waals surface area contributed by atoms with Crippen molar-refractivity contribution in [3.8, 4) is 0 Å². The maximum absolute atomic E-state index is 11.8. The van der Waals surface area contributed by atoms with Crippen LogP contribution < -0.4 is 5.32 Å². The van der Waals surface area contributed by atoms with Crippen LogP contribution in [-0.4, -0.2) is 32.9 Å². The average Bonchev–Trinajstić information content (AvgIpc) is 3.14. The Morgan fingerprint density at radius 1 is 1.45 bits per heavy atom. The first-order valence-electron chi connectivity index (χ1n) is 7.10. The maximum Gasteiger partial charge on any atom is 0.230 e. The van der Waals surface area contributed by atoms with Gasteiger partial charge in [0, 0.05) is 10.9 Å². The molecule has 5 nitrogen and oxygen atoms in total. The van der Waals surface area contributed by atoms with Crippen molar-refractivity contribution in [2.45, 2.75) is 32.0 Å². The van der Waals surface area contributed by atoms with Crippen molar-refractivity contribution >= 4 is 41.2 Å². The number of nitrogens with one attached hydrogen (secondary N) is 2. The highest BCUT2D eigenvalue weighted by molar-refractivity contribution is 7.99. The lowest BCUT2D eigenvalue weighted by atomic mass is 10.1. The summed E-state index contributed by atoms with van der Waals surface area (Å²) >= 11 is 2.99. The van der Waals surface area contributed by atoms with Gasteiger partial charge in [0.2, 0.25) is 11.1 Å². The molecule has 1 amide bonds. The zero-order chi connectivity index (χ0) is 15.9. The van der Waals surface area contributed by atoms with Gasteiger partial charge in [-0.3, -0.25) is 9.89 Å². The Hall–Kier alpha value is -1.60. The minimum absolute atomic E-state index is 0.00618. The van der Waals surface area contributed by atoms with Gasteiger partial charge in [-0.05, 0) is 36.4 Å². The third-order valence-electron chi connectivity index (χ3n) is 3.15. The zero-order valence-electron chi connectivity index (χ0n) is 12.9. The van der Waals surface area contributed by atoms with Crippen LogP contribution in [0.3, 0.4) is 0 Å². The van der Waals surface area contributed by atoms with E-state index in [9.17, 15) is 4.79 Å². The molecule has 0 aliphatic heterocycles. The Morgan fingerprint density at radius 2 is 2.27 bits per heavy atom. The first-order valence-corrected chi connectivity index (χ1v) is 8.97. The molecule has 0 fully saturated rings. The standard InChI is InChI=1S/C15H20N4OS2/c1-10(2)11(3)16-14(20)9-22-15-17-13(18-19-15)7-6-12-5-4-8-21-12/h4-8,10-11H,9H2,1-3H3,(H,16,20)(H,17,18,19)/b7-6+. The van der Waals surface area contributed by atoms with E-state index in [0.717, 1.165) is 4.88 Å². The van der Waals surface area contributed by atoms with Gasteiger partial charge in [-0.2, -0.15) is 0 Å². The number of hydrogen-bond acceptors (Lipinski definition) is 5. The van der Waals surface area contributed by atoms with E-state index in [1.165, 1.54) is 11.8 Å². The number of thiophene rings is 1. The number of rotatable bonds is 7. The van der Waals surface area contributed by atoms with E-state index >= 15 is 0 Å². The summed E-state index contributed by atoms with van der Waals surface area (Å²) < 4.78 is 0. The molecule has 0 saturated carbocycles. The van der Waals surface area contributed by atoms with Crippen LogP contribution in [0.15, 0.2) is 22.7 Å². The summed E-state index contributed by atoms with van der Waals surface area (Å²) in [4.78, 5) is 17.3. The predicted octanol–water partition coefficient (Wildman–Crippen LogP) is 3.29. The normalized spacial score (nSPS) is 12.9. The number of H-pyrrole nitrogens is 1. The van der Waals surface area contributed by atoms with E-state index in [1.807, 2.05) is 36.6 Å². The molecule has 118 valence electrons. The molecule has 1 unspecified atom stereocenters. The second-order valence-electron chi connectivity index (χ2n) is 5.24. The largest absolute Gasteiger partial charge is 0.353 e. The summed E-state index contributed by atoms with van der Waals surface area (Å²) in [6, 6.07) is 4.21. The molecule has 0 aliphatic carbocycles. The van der Waals surface area contributed by atoms with Crippen LogP contribution in [0.4, 0.5) is 0 Å². The van der Waals surface area contributed by atoms with Crippen LogP contribution >= 0.6 is 23.1 Å². The number of aromatic amines is 1. The summed E-state index contributed by atoms with van der Waals surface area (Å²) in [5.41, 5.74) is 0. The fourth-order valence-electron chi connectivity index (χ4n) is 1.54. The minimum atomic E-state index is 0.00618. The highest BCUT2D eigenvalue weighted by atomic mass is 32.2. The van der Waals surface area contributed by atoms with Crippen molar-refractivity contribution < 1.29 is 4.79 Å². The second-order valence-corrected chi connectivity index (χ2v) is 7.16. The predicted molar refractivity (Wildman–Crippen MR) is 92.8 cm³/mol. The third kappa shape index (κ3) is 5.31. The van der Waals surface area contributed by atoms with Gasteiger partial charge < -0.3 is 5.32 Å². The number of thioether (sulfide) groups is 1. The molecule has 0 saturated heterocycles. The summed E-state index contributed by atoms with van der Waals surface area (Å²) in [6.45, 7) is 6.17. The molecule has 2 aromatic rings. The molecule has 7 heteroatoms.